The Morgan fingerprint density at radius 3 is 2.25 bits per heavy atom. The first-order valence-electron chi connectivity index (χ1n) is 23.3. The van der Waals surface area contributed by atoms with E-state index in [1.165, 1.54) is 6.92 Å². The number of aliphatic hydroxyl groups excluding tert-OH is 10. The number of hydrogen-bond acceptors (Lipinski definition) is 18. The van der Waals surface area contributed by atoms with Crippen LogP contribution < -0.4 is 0 Å². The molecule has 26 unspecified atom stereocenters. The number of hydrogen-bond donors (Lipinski definition) is 10. The van der Waals surface area contributed by atoms with Gasteiger partial charge >= 0.3 is 0 Å². The number of rotatable bonds is 12. The second kappa shape index (κ2) is 18.5. The van der Waals surface area contributed by atoms with E-state index in [0.29, 0.717) is 37.5 Å². The lowest BCUT2D eigenvalue weighted by Crippen LogP contribution is -2.63. The Balaban J connectivity index is 0.947. The third kappa shape index (κ3) is 8.30. The van der Waals surface area contributed by atoms with Crippen LogP contribution in [0.4, 0.5) is 0 Å². The van der Waals surface area contributed by atoms with E-state index in [1.807, 2.05) is 6.92 Å². The summed E-state index contributed by atoms with van der Waals surface area (Å²) < 4.78 is 49.3. The summed E-state index contributed by atoms with van der Waals surface area (Å²) in [5.74, 6) is 0.326. The van der Waals surface area contributed by atoms with Crippen molar-refractivity contribution in [3.63, 3.8) is 0 Å². The topological polar surface area (TPSA) is 276 Å². The third-order valence-electron chi connectivity index (χ3n) is 17.4. The van der Waals surface area contributed by atoms with Gasteiger partial charge in [-0.1, -0.05) is 39.3 Å². The number of ether oxygens (including phenoxy) is 8. The molecule has 0 aromatic rings. The predicted molar refractivity (Wildman–Crippen MR) is 218 cm³/mol. The number of fused-ring (bicyclic) bond motifs is 7. The van der Waals surface area contributed by atoms with Crippen molar-refractivity contribution in [2.24, 2.45) is 46.3 Å². The highest BCUT2D eigenvalue weighted by Gasteiger charge is 2.69. The van der Waals surface area contributed by atoms with Gasteiger partial charge in [-0.05, 0) is 80.5 Å². The second-order valence-corrected chi connectivity index (χ2v) is 20.8. The molecule has 7 fully saturated rings. The molecule has 4 heterocycles. The molecule has 8 aliphatic rings. The summed E-state index contributed by atoms with van der Waals surface area (Å²) in [6.07, 6.45) is -12.2. The van der Waals surface area contributed by atoms with Crippen LogP contribution in [0.1, 0.15) is 86.0 Å². The fraction of sp³-hybridized carbons (Fsp3) is 0.956. The Bertz CT molecular complexity index is 1600. The van der Waals surface area contributed by atoms with Crippen LogP contribution in [0, 0.1) is 46.3 Å². The van der Waals surface area contributed by atoms with E-state index < -0.39 is 116 Å². The van der Waals surface area contributed by atoms with Crippen LogP contribution in [0.2, 0.25) is 0 Å². The van der Waals surface area contributed by atoms with Gasteiger partial charge in [-0.3, -0.25) is 0 Å². The summed E-state index contributed by atoms with van der Waals surface area (Å²) in [5.41, 5.74) is 0.576. The first-order valence-corrected chi connectivity index (χ1v) is 23.3. The summed E-state index contributed by atoms with van der Waals surface area (Å²) in [4.78, 5) is 0. The first kappa shape index (κ1) is 48.5. The van der Waals surface area contributed by atoms with Gasteiger partial charge in [0.05, 0.1) is 44.2 Å². The van der Waals surface area contributed by atoms with Crippen LogP contribution in [-0.2, 0) is 37.9 Å². The van der Waals surface area contributed by atoms with Crippen LogP contribution >= 0.6 is 0 Å². The van der Waals surface area contributed by atoms with E-state index in [-0.39, 0.29) is 48.4 Å². The molecule has 0 amide bonds. The van der Waals surface area contributed by atoms with Crippen molar-refractivity contribution in [1.82, 2.24) is 0 Å². The summed E-state index contributed by atoms with van der Waals surface area (Å²) in [6.45, 7) is 9.87. The normalized spacial score (nSPS) is 55.0. The van der Waals surface area contributed by atoms with Crippen LogP contribution in [0.3, 0.4) is 0 Å². The molecule has 26 atom stereocenters. The van der Waals surface area contributed by atoms with Gasteiger partial charge in [-0.2, -0.15) is 0 Å². The molecule has 4 aliphatic heterocycles. The molecule has 4 aliphatic carbocycles. The van der Waals surface area contributed by atoms with Crippen LogP contribution in [0.25, 0.3) is 0 Å². The zero-order valence-corrected chi connectivity index (χ0v) is 37.4. The third-order valence-corrected chi connectivity index (χ3v) is 17.4. The molecule has 10 N–H and O–H groups in total. The Morgan fingerprint density at radius 2 is 1.54 bits per heavy atom. The summed E-state index contributed by atoms with van der Waals surface area (Å²) >= 11 is 0. The standard InChI is InChI=1S/C45H74O18/c1-19(17-57-40-37(54)36(53)34(51)29(16-46)60-40)9-12-45(56-6)20(2)31-28(63-45)15-26-24-8-7-22-13-23(47)14-30(44(22,5)25(24)10-11-43(26,31)4)61-42-39(33(50)27(48)18-58-42)62-41-38(55)35(52)32(49)21(3)59-41/h7,19-21,23-42,46-55H,8-18H2,1-6H3. The molecule has 0 aromatic carbocycles. The highest BCUT2D eigenvalue weighted by molar-refractivity contribution is 5.29. The molecule has 362 valence electrons. The van der Waals surface area contributed by atoms with Gasteiger partial charge in [0.25, 0.3) is 0 Å². The lowest BCUT2D eigenvalue weighted by atomic mass is 9.46. The highest BCUT2D eigenvalue weighted by atomic mass is 16.8. The average molecular weight is 903 g/mol. The number of aliphatic hydroxyl groups is 10. The molecule has 4 saturated heterocycles. The fourth-order valence-corrected chi connectivity index (χ4v) is 13.6. The van der Waals surface area contributed by atoms with Crippen LogP contribution in [0.5, 0.6) is 0 Å². The molecular weight excluding hydrogens is 828 g/mol. The van der Waals surface area contributed by atoms with Crippen molar-refractivity contribution in [2.75, 3.05) is 26.9 Å². The van der Waals surface area contributed by atoms with E-state index in [2.05, 4.69) is 26.8 Å². The molecule has 18 nitrogen and oxygen atoms in total. The fourth-order valence-electron chi connectivity index (χ4n) is 13.6. The zero-order valence-electron chi connectivity index (χ0n) is 37.4. The Morgan fingerprint density at radius 1 is 0.825 bits per heavy atom. The Labute approximate surface area is 369 Å². The van der Waals surface area contributed by atoms with E-state index in [9.17, 15) is 51.1 Å². The molecular formula is C45H74O18. The molecule has 0 radical (unpaired) electrons. The van der Waals surface area contributed by atoms with Crippen molar-refractivity contribution in [3.05, 3.63) is 11.6 Å². The van der Waals surface area contributed by atoms with Crippen LogP contribution in [0.15, 0.2) is 11.6 Å². The number of methoxy groups -OCH3 is 1. The molecule has 3 saturated carbocycles. The largest absolute Gasteiger partial charge is 0.394 e. The van der Waals surface area contributed by atoms with Gasteiger partial charge in [-0.15, -0.1) is 0 Å². The smallest absolute Gasteiger partial charge is 0.187 e. The molecule has 0 spiro atoms. The monoisotopic (exact) mass is 902 g/mol. The summed E-state index contributed by atoms with van der Waals surface area (Å²) in [6, 6.07) is 0. The zero-order chi connectivity index (χ0) is 45.5. The van der Waals surface area contributed by atoms with Gasteiger partial charge in [0.1, 0.15) is 61.0 Å². The quantitative estimate of drug-likeness (QED) is 0.110. The maximum Gasteiger partial charge on any atom is 0.187 e. The minimum atomic E-state index is -1.65. The van der Waals surface area contributed by atoms with E-state index in [4.69, 9.17) is 37.9 Å². The van der Waals surface area contributed by atoms with Crippen molar-refractivity contribution >= 4 is 0 Å². The Hall–Kier alpha value is -0.980. The minimum absolute atomic E-state index is 0.000427. The second-order valence-electron chi connectivity index (χ2n) is 20.8. The van der Waals surface area contributed by atoms with Gasteiger partial charge < -0.3 is 89.0 Å². The number of allylic oxidation sites excluding steroid dienone is 1. The molecule has 0 bridgehead atoms. The maximum atomic E-state index is 11.3. The predicted octanol–water partition coefficient (Wildman–Crippen LogP) is -0.567. The molecule has 18 heteroatoms. The van der Waals surface area contributed by atoms with E-state index in [0.717, 1.165) is 31.3 Å². The minimum Gasteiger partial charge on any atom is -0.394 e. The lowest BCUT2D eigenvalue weighted by molar-refractivity contribution is -0.362. The van der Waals surface area contributed by atoms with Gasteiger partial charge in [0.2, 0.25) is 0 Å². The average Bonchev–Trinajstić information content (AvgIpc) is 3.72. The SMILES string of the molecule is COC1(CCC(C)COC2OC(CO)C(O)C(O)C2O)OC2CC3C4CC=C5CC(O)CC(OC6OCC(O)C(O)C6OC6OC(C)C(O)C(O)C6O)C5(C)C4CCC3(C)C2C1C. The first-order chi connectivity index (χ1) is 29.8. The lowest BCUT2D eigenvalue weighted by Gasteiger charge is -2.60. The molecule has 8 rings (SSSR count). The van der Waals surface area contributed by atoms with Crippen molar-refractivity contribution in [2.45, 2.75) is 196 Å². The van der Waals surface area contributed by atoms with Gasteiger partial charge in [0.15, 0.2) is 24.7 Å². The van der Waals surface area contributed by atoms with Gasteiger partial charge in [-0.25, -0.2) is 0 Å². The highest BCUT2D eigenvalue weighted by Crippen LogP contribution is 2.70. The van der Waals surface area contributed by atoms with E-state index in [1.54, 1.807) is 7.11 Å². The van der Waals surface area contributed by atoms with Crippen LogP contribution in [-0.4, -0.2) is 188 Å². The van der Waals surface area contributed by atoms with Crippen molar-refractivity contribution in [3.8, 4) is 0 Å². The molecule has 63 heavy (non-hydrogen) atoms. The van der Waals surface area contributed by atoms with E-state index >= 15 is 0 Å². The summed E-state index contributed by atoms with van der Waals surface area (Å²) in [5, 5.41) is 105. The van der Waals surface area contributed by atoms with Crippen molar-refractivity contribution < 1.29 is 89.0 Å². The summed E-state index contributed by atoms with van der Waals surface area (Å²) in [7, 11) is 1.71. The maximum absolute atomic E-state index is 11.3. The van der Waals surface area contributed by atoms with Gasteiger partial charge in [0, 0.05) is 31.3 Å². The molecule has 0 aromatic heterocycles. The van der Waals surface area contributed by atoms with Crippen molar-refractivity contribution in [1.29, 1.82) is 0 Å². The Kier molecular flexibility index (Phi) is 14.2.